The fraction of sp³-hybridized carbons (Fsp3) is 0.529. The molecule has 26 heavy (non-hydrogen) atoms. The van der Waals surface area contributed by atoms with E-state index in [2.05, 4.69) is 0 Å². The average molecular weight is 386 g/mol. The van der Waals surface area contributed by atoms with Gasteiger partial charge in [-0.3, -0.25) is 9.59 Å². The van der Waals surface area contributed by atoms with Gasteiger partial charge in [0.2, 0.25) is 15.9 Å². The standard InChI is InChI=1S/C17H23FN2O5S/c1-2-26(24,25)19-9-7-15(8-10-19)20(12-17(22)23)16(21)11-13-3-5-14(18)6-4-13/h3-6,15H,2,7-12H2,1H3,(H,22,23). The van der Waals surface area contributed by atoms with Gasteiger partial charge in [-0.15, -0.1) is 0 Å². The lowest BCUT2D eigenvalue weighted by Gasteiger charge is -2.37. The van der Waals surface area contributed by atoms with E-state index in [4.69, 9.17) is 5.11 Å². The molecule has 0 spiro atoms. The van der Waals surface area contributed by atoms with Crippen molar-refractivity contribution < 1.29 is 27.5 Å². The molecule has 1 N–H and O–H groups in total. The van der Waals surface area contributed by atoms with Gasteiger partial charge >= 0.3 is 5.97 Å². The summed E-state index contributed by atoms with van der Waals surface area (Å²) in [5, 5.41) is 9.14. The number of hydrogen-bond acceptors (Lipinski definition) is 4. The van der Waals surface area contributed by atoms with Gasteiger partial charge in [-0.1, -0.05) is 12.1 Å². The first kappa shape index (κ1) is 20.3. The summed E-state index contributed by atoms with van der Waals surface area (Å²) in [6.45, 7) is 1.66. The highest BCUT2D eigenvalue weighted by Crippen LogP contribution is 2.20. The smallest absolute Gasteiger partial charge is 0.323 e. The summed E-state index contributed by atoms with van der Waals surface area (Å²) in [7, 11) is -3.29. The van der Waals surface area contributed by atoms with Crippen LogP contribution in [0.25, 0.3) is 0 Å². The van der Waals surface area contributed by atoms with Gasteiger partial charge in [0.05, 0.1) is 12.2 Å². The Morgan fingerprint density at radius 2 is 1.81 bits per heavy atom. The summed E-state index contributed by atoms with van der Waals surface area (Å²) >= 11 is 0. The second-order valence-electron chi connectivity index (χ2n) is 6.25. The van der Waals surface area contributed by atoms with E-state index in [1.807, 2.05) is 0 Å². The zero-order valence-electron chi connectivity index (χ0n) is 14.6. The monoisotopic (exact) mass is 386 g/mol. The number of sulfonamides is 1. The Hall–Kier alpha value is -2.00. The molecule has 0 aliphatic carbocycles. The number of hydrogen-bond donors (Lipinski definition) is 1. The molecule has 0 bridgehead atoms. The van der Waals surface area contributed by atoms with E-state index in [1.54, 1.807) is 6.92 Å². The highest BCUT2D eigenvalue weighted by molar-refractivity contribution is 7.89. The van der Waals surface area contributed by atoms with E-state index in [1.165, 1.54) is 33.5 Å². The molecule has 1 aromatic carbocycles. The molecule has 1 heterocycles. The van der Waals surface area contributed by atoms with Gasteiger partial charge in [-0.05, 0) is 37.5 Å². The van der Waals surface area contributed by atoms with Crippen LogP contribution >= 0.6 is 0 Å². The Morgan fingerprint density at radius 3 is 2.31 bits per heavy atom. The predicted molar refractivity (Wildman–Crippen MR) is 93.5 cm³/mol. The number of halogens is 1. The molecule has 1 fully saturated rings. The number of rotatable bonds is 7. The summed E-state index contributed by atoms with van der Waals surface area (Å²) < 4.78 is 38.2. The lowest BCUT2D eigenvalue weighted by molar-refractivity contribution is -0.146. The Bertz CT molecular complexity index is 743. The largest absolute Gasteiger partial charge is 0.480 e. The van der Waals surface area contributed by atoms with E-state index >= 15 is 0 Å². The molecular weight excluding hydrogens is 363 g/mol. The maximum atomic E-state index is 13.0. The fourth-order valence-electron chi connectivity index (χ4n) is 3.06. The van der Waals surface area contributed by atoms with Gasteiger partial charge in [0, 0.05) is 19.1 Å². The number of carbonyl (C=O) groups excluding carboxylic acids is 1. The molecule has 9 heteroatoms. The van der Waals surface area contributed by atoms with Gasteiger partial charge in [0.15, 0.2) is 0 Å². The molecule has 0 aromatic heterocycles. The van der Waals surface area contributed by atoms with E-state index in [9.17, 15) is 22.4 Å². The highest BCUT2D eigenvalue weighted by Gasteiger charge is 2.32. The van der Waals surface area contributed by atoms with Crippen LogP contribution in [0.3, 0.4) is 0 Å². The second-order valence-corrected chi connectivity index (χ2v) is 8.51. The number of carbonyl (C=O) groups is 2. The zero-order valence-corrected chi connectivity index (χ0v) is 15.4. The third kappa shape index (κ3) is 5.25. The molecule has 1 aliphatic heterocycles. The molecule has 7 nitrogen and oxygen atoms in total. The topological polar surface area (TPSA) is 95.0 Å². The van der Waals surface area contributed by atoms with Crippen LogP contribution in [0.2, 0.25) is 0 Å². The van der Waals surface area contributed by atoms with Crippen LogP contribution in [-0.2, 0) is 26.0 Å². The van der Waals surface area contributed by atoms with Crippen LogP contribution in [0.15, 0.2) is 24.3 Å². The number of amides is 1. The normalized spacial score (nSPS) is 16.4. The molecule has 0 saturated carbocycles. The van der Waals surface area contributed by atoms with Crippen LogP contribution < -0.4 is 0 Å². The molecule has 0 unspecified atom stereocenters. The minimum absolute atomic E-state index is 0.0139. The molecule has 1 saturated heterocycles. The highest BCUT2D eigenvalue weighted by atomic mass is 32.2. The third-order valence-electron chi connectivity index (χ3n) is 4.52. The van der Waals surface area contributed by atoms with Crippen LogP contribution in [0.4, 0.5) is 4.39 Å². The number of benzene rings is 1. The van der Waals surface area contributed by atoms with Crippen molar-refractivity contribution in [2.45, 2.75) is 32.2 Å². The molecule has 1 aliphatic rings. The average Bonchev–Trinajstić information content (AvgIpc) is 2.61. The minimum Gasteiger partial charge on any atom is -0.480 e. The minimum atomic E-state index is -3.29. The van der Waals surface area contributed by atoms with E-state index in [-0.39, 0.29) is 37.2 Å². The number of carboxylic acids is 1. The van der Waals surface area contributed by atoms with Crippen LogP contribution in [-0.4, -0.2) is 66.0 Å². The zero-order chi connectivity index (χ0) is 19.3. The summed E-state index contributed by atoms with van der Waals surface area (Å²) in [6.07, 6.45) is 0.754. The van der Waals surface area contributed by atoms with Crippen LogP contribution in [0, 0.1) is 5.82 Å². The summed E-state index contributed by atoms with van der Waals surface area (Å²) in [4.78, 5) is 25.1. The van der Waals surface area contributed by atoms with Crippen molar-refractivity contribution in [3.63, 3.8) is 0 Å². The number of aliphatic carboxylic acids is 1. The Kier molecular flexibility index (Phi) is 6.71. The van der Waals surface area contributed by atoms with Crippen molar-refractivity contribution in [2.24, 2.45) is 0 Å². The van der Waals surface area contributed by atoms with Crippen molar-refractivity contribution in [3.05, 3.63) is 35.6 Å². The Balaban J connectivity index is 2.06. The molecule has 2 rings (SSSR count). The van der Waals surface area contributed by atoms with E-state index in [0.717, 1.165) is 0 Å². The van der Waals surface area contributed by atoms with Crippen LogP contribution in [0.1, 0.15) is 25.3 Å². The van der Waals surface area contributed by atoms with Gasteiger partial charge in [0.25, 0.3) is 0 Å². The fourth-order valence-corrected chi connectivity index (χ4v) is 4.19. The lowest BCUT2D eigenvalue weighted by Crippen LogP contribution is -2.50. The van der Waals surface area contributed by atoms with Crippen molar-refractivity contribution in [1.29, 1.82) is 0 Å². The maximum absolute atomic E-state index is 13.0. The van der Waals surface area contributed by atoms with Crippen molar-refractivity contribution >= 4 is 21.9 Å². The number of piperidine rings is 1. The van der Waals surface area contributed by atoms with E-state index < -0.39 is 28.4 Å². The second kappa shape index (κ2) is 8.59. The van der Waals surface area contributed by atoms with Crippen molar-refractivity contribution in [2.75, 3.05) is 25.4 Å². The maximum Gasteiger partial charge on any atom is 0.323 e. The van der Waals surface area contributed by atoms with Crippen molar-refractivity contribution in [3.8, 4) is 0 Å². The van der Waals surface area contributed by atoms with Gasteiger partial charge in [0.1, 0.15) is 12.4 Å². The Morgan fingerprint density at radius 1 is 1.23 bits per heavy atom. The first-order valence-electron chi connectivity index (χ1n) is 8.46. The third-order valence-corrected chi connectivity index (χ3v) is 6.40. The summed E-state index contributed by atoms with van der Waals surface area (Å²) in [6, 6.07) is 5.14. The first-order valence-corrected chi connectivity index (χ1v) is 10.1. The Labute approximate surface area is 152 Å². The van der Waals surface area contributed by atoms with E-state index in [0.29, 0.717) is 18.4 Å². The molecule has 0 atom stereocenters. The quantitative estimate of drug-likeness (QED) is 0.757. The molecule has 1 aromatic rings. The predicted octanol–water partition coefficient (Wildman–Crippen LogP) is 1.10. The van der Waals surface area contributed by atoms with Crippen molar-refractivity contribution in [1.82, 2.24) is 9.21 Å². The molecule has 1 amide bonds. The summed E-state index contributed by atoms with van der Waals surface area (Å²) in [5.74, 6) is -1.88. The van der Waals surface area contributed by atoms with Gasteiger partial charge in [-0.25, -0.2) is 17.1 Å². The van der Waals surface area contributed by atoms with Gasteiger partial charge < -0.3 is 10.0 Å². The molecular formula is C17H23FN2O5S. The number of nitrogens with zero attached hydrogens (tertiary/aromatic N) is 2. The lowest BCUT2D eigenvalue weighted by atomic mass is 10.0. The SMILES string of the molecule is CCS(=O)(=O)N1CCC(N(CC(=O)O)C(=O)Cc2ccc(F)cc2)CC1. The first-order chi connectivity index (χ1) is 12.2. The molecule has 0 radical (unpaired) electrons. The summed E-state index contributed by atoms with van der Waals surface area (Å²) in [5.41, 5.74) is 0.595. The van der Waals surface area contributed by atoms with Gasteiger partial charge in [-0.2, -0.15) is 0 Å². The van der Waals surface area contributed by atoms with Crippen LogP contribution in [0.5, 0.6) is 0 Å². The molecule has 144 valence electrons. The number of carboxylic acid groups (broad SMARTS) is 1.